The quantitative estimate of drug-likeness (QED) is 0.442. The molecule has 3 rings (SSSR count). The van der Waals surface area contributed by atoms with Crippen LogP contribution >= 0.6 is 11.6 Å². The van der Waals surface area contributed by atoms with Gasteiger partial charge in [-0.1, -0.05) is 23.7 Å². The van der Waals surface area contributed by atoms with E-state index in [2.05, 4.69) is 10.6 Å². The van der Waals surface area contributed by atoms with Crippen molar-refractivity contribution in [2.75, 3.05) is 17.2 Å². The molecule has 0 saturated carbocycles. The molecule has 2 N–H and O–H groups in total. The Hall–Kier alpha value is -3.52. The molecular formula is C24H20ClF3N2O3. The van der Waals surface area contributed by atoms with E-state index in [0.29, 0.717) is 16.5 Å². The molecule has 3 aromatic carbocycles. The number of anilines is 2. The summed E-state index contributed by atoms with van der Waals surface area (Å²) in [4.78, 5) is 24.7. The van der Waals surface area contributed by atoms with Gasteiger partial charge in [0.2, 0.25) is 0 Å². The van der Waals surface area contributed by atoms with Crippen molar-refractivity contribution in [1.82, 2.24) is 0 Å². The van der Waals surface area contributed by atoms with E-state index in [1.54, 1.807) is 24.3 Å². The van der Waals surface area contributed by atoms with Crippen LogP contribution in [0.5, 0.6) is 5.75 Å². The summed E-state index contributed by atoms with van der Waals surface area (Å²) in [5.41, 5.74) is 1.29. The first-order valence-electron chi connectivity index (χ1n) is 9.81. The lowest BCUT2D eigenvalue weighted by molar-refractivity contribution is -0.137. The van der Waals surface area contributed by atoms with Crippen molar-refractivity contribution in [3.63, 3.8) is 0 Å². The zero-order valence-electron chi connectivity index (χ0n) is 17.7. The summed E-state index contributed by atoms with van der Waals surface area (Å²) in [6.07, 6.45) is -4.52. The molecule has 0 aliphatic rings. The predicted molar refractivity (Wildman–Crippen MR) is 121 cm³/mol. The van der Waals surface area contributed by atoms with Crippen LogP contribution in [0.4, 0.5) is 24.5 Å². The van der Waals surface area contributed by atoms with Crippen molar-refractivity contribution in [2.45, 2.75) is 20.0 Å². The Morgan fingerprint density at radius 3 is 2.15 bits per heavy atom. The van der Waals surface area contributed by atoms with E-state index in [-0.39, 0.29) is 17.9 Å². The lowest BCUT2D eigenvalue weighted by atomic mass is 10.1. The number of aryl methyl sites for hydroxylation is 2. The van der Waals surface area contributed by atoms with Gasteiger partial charge in [0, 0.05) is 22.0 Å². The van der Waals surface area contributed by atoms with E-state index >= 15 is 0 Å². The van der Waals surface area contributed by atoms with Gasteiger partial charge in [-0.05, 0) is 73.5 Å². The van der Waals surface area contributed by atoms with Crippen LogP contribution in [0, 0.1) is 13.8 Å². The average molecular weight is 477 g/mol. The first-order valence-corrected chi connectivity index (χ1v) is 10.2. The van der Waals surface area contributed by atoms with Gasteiger partial charge in [-0.25, -0.2) is 0 Å². The molecule has 33 heavy (non-hydrogen) atoms. The molecule has 0 unspecified atom stereocenters. The van der Waals surface area contributed by atoms with Gasteiger partial charge in [-0.2, -0.15) is 13.2 Å². The minimum absolute atomic E-state index is 0.00575. The van der Waals surface area contributed by atoms with Crippen LogP contribution in [0.1, 0.15) is 27.0 Å². The average Bonchev–Trinajstić information content (AvgIpc) is 2.75. The van der Waals surface area contributed by atoms with Gasteiger partial charge >= 0.3 is 6.18 Å². The maximum absolute atomic E-state index is 12.9. The first kappa shape index (κ1) is 24.1. The molecule has 0 spiro atoms. The molecule has 0 radical (unpaired) electrons. The number of hydrogen-bond donors (Lipinski definition) is 2. The van der Waals surface area contributed by atoms with E-state index in [1.807, 2.05) is 13.8 Å². The number of nitrogens with one attached hydrogen (secondary N) is 2. The fourth-order valence-corrected chi connectivity index (χ4v) is 3.16. The molecular weight excluding hydrogens is 457 g/mol. The number of alkyl halides is 3. The molecule has 5 nitrogen and oxygen atoms in total. The SMILES string of the molecule is Cc1cc(OCC(=O)Nc2cccc(C(=O)Nc3cccc(C(F)(F)F)c3)c2)cc(C)c1Cl. The van der Waals surface area contributed by atoms with Gasteiger partial charge in [-0.3, -0.25) is 9.59 Å². The monoisotopic (exact) mass is 476 g/mol. The molecule has 0 aromatic heterocycles. The van der Waals surface area contributed by atoms with Crippen molar-refractivity contribution < 1.29 is 27.5 Å². The number of hydrogen-bond acceptors (Lipinski definition) is 3. The number of carbonyl (C=O) groups excluding carboxylic acids is 2. The second-order valence-electron chi connectivity index (χ2n) is 7.32. The molecule has 3 aromatic rings. The van der Waals surface area contributed by atoms with Crippen molar-refractivity contribution in [3.8, 4) is 5.75 Å². The third kappa shape index (κ3) is 6.49. The molecule has 0 fully saturated rings. The van der Waals surface area contributed by atoms with E-state index in [0.717, 1.165) is 23.3 Å². The van der Waals surface area contributed by atoms with Gasteiger partial charge in [0.25, 0.3) is 11.8 Å². The van der Waals surface area contributed by atoms with Gasteiger partial charge in [0.05, 0.1) is 5.56 Å². The maximum Gasteiger partial charge on any atom is 0.416 e. The third-order valence-corrected chi connectivity index (χ3v) is 5.23. The van der Waals surface area contributed by atoms with Crippen molar-refractivity contribution in [1.29, 1.82) is 0 Å². The highest BCUT2D eigenvalue weighted by molar-refractivity contribution is 6.32. The lowest BCUT2D eigenvalue weighted by Crippen LogP contribution is -2.20. The largest absolute Gasteiger partial charge is 0.484 e. The van der Waals surface area contributed by atoms with Crippen LogP contribution in [0.15, 0.2) is 60.7 Å². The summed E-state index contributed by atoms with van der Waals surface area (Å²) in [6, 6.07) is 13.8. The predicted octanol–water partition coefficient (Wildman–Crippen LogP) is 6.25. The summed E-state index contributed by atoms with van der Waals surface area (Å²) < 4.78 is 44.1. The number of carbonyl (C=O) groups is 2. The summed E-state index contributed by atoms with van der Waals surface area (Å²) >= 11 is 6.12. The lowest BCUT2D eigenvalue weighted by Gasteiger charge is -2.12. The Morgan fingerprint density at radius 2 is 1.52 bits per heavy atom. The van der Waals surface area contributed by atoms with Crippen molar-refractivity contribution in [3.05, 3.63) is 87.9 Å². The molecule has 0 aliphatic carbocycles. The highest BCUT2D eigenvalue weighted by Crippen LogP contribution is 2.31. The molecule has 2 amide bonds. The van der Waals surface area contributed by atoms with E-state index in [1.165, 1.54) is 24.3 Å². The van der Waals surface area contributed by atoms with Gasteiger partial charge in [-0.15, -0.1) is 0 Å². The molecule has 0 heterocycles. The van der Waals surface area contributed by atoms with Gasteiger partial charge in [0.15, 0.2) is 6.61 Å². The molecule has 172 valence electrons. The van der Waals surface area contributed by atoms with E-state index in [9.17, 15) is 22.8 Å². The zero-order chi connectivity index (χ0) is 24.2. The van der Waals surface area contributed by atoms with Crippen molar-refractivity contribution in [2.24, 2.45) is 0 Å². The van der Waals surface area contributed by atoms with Crippen LogP contribution in [0.2, 0.25) is 5.02 Å². The number of halogens is 4. The second-order valence-corrected chi connectivity index (χ2v) is 7.70. The normalized spacial score (nSPS) is 11.1. The van der Waals surface area contributed by atoms with Crippen LogP contribution in [-0.2, 0) is 11.0 Å². The van der Waals surface area contributed by atoms with E-state index in [4.69, 9.17) is 16.3 Å². The molecule has 0 aliphatic heterocycles. The highest BCUT2D eigenvalue weighted by Gasteiger charge is 2.30. The minimum atomic E-state index is -4.52. The van der Waals surface area contributed by atoms with Crippen LogP contribution in [0.25, 0.3) is 0 Å². The summed E-state index contributed by atoms with van der Waals surface area (Å²) in [7, 11) is 0. The Morgan fingerprint density at radius 1 is 0.909 bits per heavy atom. The van der Waals surface area contributed by atoms with Gasteiger partial charge < -0.3 is 15.4 Å². The number of rotatable bonds is 6. The Labute approximate surface area is 193 Å². The van der Waals surface area contributed by atoms with Crippen molar-refractivity contribution >= 4 is 34.8 Å². The van der Waals surface area contributed by atoms with E-state index < -0.39 is 23.6 Å². The molecule has 0 saturated heterocycles. The zero-order valence-corrected chi connectivity index (χ0v) is 18.5. The molecule has 9 heteroatoms. The summed E-state index contributed by atoms with van der Waals surface area (Å²) in [5.74, 6) is -0.566. The van der Waals surface area contributed by atoms with Gasteiger partial charge in [0.1, 0.15) is 5.75 Å². The number of ether oxygens (including phenoxy) is 1. The fraction of sp³-hybridized carbons (Fsp3) is 0.167. The molecule has 0 atom stereocenters. The summed E-state index contributed by atoms with van der Waals surface area (Å²) in [6.45, 7) is 3.40. The topological polar surface area (TPSA) is 67.4 Å². The molecule has 0 bridgehead atoms. The number of benzene rings is 3. The van der Waals surface area contributed by atoms with Crippen LogP contribution in [-0.4, -0.2) is 18.4 Å². The first-order chi connectivity index (χ1) is 15.5. The number of amides is 2. The maximum atomic E-state index is 12.9. The minimum Gasteiger partial charge on any atom is -0.484 e. The standard InChI is InChI=1S/C24H20ClF3N2O3/c1-14-9-20(10-15(2)22(14)25)33-13-21(31)29-18-7-3-5-16(11-18)23(32)30-19-8-4-6-17(12-19)24(26,27)28/h3-12H,13H2,1-2H3,(H,29,31)(H,30,32). The fourth-order valence-electron chi connectivity index (χ4n) is 3.05. The highest BCUT2D eigenvalue weighted by atomic mass is 35.5. The Balaban J connectivity index is 1.62. The van der Waals surface area contributed by atoms with Crippen LogP contribution < -0.4 is 15.4 Å². The second kappa shape index (κ2) is 9.95. The smallest absolute Gasteiger partial charge is 0.416 e. The summed E-state index contributed by atoms with van der Waals surface area (Å²) in [5, 5.41) is 5.68. The Bertz CT molecular complexity index is 1170. The van der Waals surface area contributed by atoms with Crippen LogP contribution in [0.3, 0.4) is 0 Å². The Kier molecular flexibility index (Phi) is 7.28. The third-order valence-electron chi connectivity index (χ3n) is 4.64.